The Morgan fingerprint density at radius 3 is 2.74 bits per heavy atom. The van der Waals surface area contributed by atoms with E-state index in [1.807, 2.05) is 30.1 Å². The minimum Gasteiger partial charge on any atom is -0.437 e. The summed E-state index contributed by atoms with van der Waals surface area (Å²) in [4.78, 5) is 17.4. The largest absolute Gasteiger partial charge is 0.437 e. The second-order valence-electron chi connectivity index (χ2n) is 8.34. The third-order valence-electron chi connectivity index (χ3n) is 6.24. The summed E-state index contributed by atoms with van der Waals surface area (Å²) in [6, 6.07) is 8.45. The van der Waals surface area contributed by atoms with Crippen molar-refractivity contribution in [2.75, 3.05) is 39.4 Å². The molecule has 0 radical (unpaired) electrons. The predicted molar refractivity (Wildman–Crippen MR) is 123 cm³/mol. The number of hydrogen-bond acceptors (Lipinski definition) is 6. The average Bonchev–Trinajstić information content (AvgIpc) is 3.22. The Morgan fingerprint density at radius 2 is 2.03 bits per heavy atom. The van der Waals surface area contributed by atoms with Crippen molar-refractivity contribution in [3.05, 3.63) is 54.1 Å². The number of nitrogens with one attached hydrogen (secondary N) is 1. The van der Waals surface area contributed by atoms with E-state index in [9.17, 15) is 5.02 Å². The highest BCUT2D eigenvalue weighted by atomic mass is 16.5. The molecule has 0 saturated carbocycles. The van der Waals surface area contributed by atoms with Gasteiger partial charge in [0, 0.05) is 60.7 Å². The van der Waals surface area contributed by atoms with Crippen LogP contribution in [-0.2, 0) is 11.3 Å². The maximum Gasteiger partial charge on any atom is 0.376 e. The first-order chi connectivity index (χ1) is 15.2. The van der Waals surface area contributed by atoms with Crippen molar-refractivity contribution < 1.29 is 9.76 Å². The summed E-state index contributed by atoms with van der Waals surface area (Å²) < 4.78 is 5.46. The summed E-state index contributed by atoms with van der Waals surface area (Å²) in [5.41, 5.74) is 6.52. The van der Waals surface area contributed by atoms with E-state index in [0.717, 1.165) is 80.2 Å². The van der Waals surface area contributed by atoms with Gasteiger partial charge in [0.05, 0.1) is 24.6 Å². The van der Waals surface area contributed by atoms with Crippen LogP contribution in [0.3, 0.4) is 0 Å². The number of fused-ring (bicyclic) bond motifs is 1. The van der Waals surface area contributed by atoms with Crippen molar-refractivity contribution in [3.8, 4) is 11.3 Å². The number of H-pyrrole nitrogens is 1. The van der Waals surface area contributed by atoms with Crippen molar-refractivity contribution >= 4 is 23.5 Å². The average molecular weight is 417 g/mol. The summed E-state index contributed by atoms with van der Waals surface area (Å²) in [5.74, 6) is 0. The molecule has 0 atom stereocenters. The summed E-state index contributed by atoms with van der Waals surface area (Å²) >= 11 is 0. The van der Waals surface area contributed by atoms with Gasteiger partial charge in [0.2, 0.25) is 0 Å². The van der Waals surface area contributed by atoms with Crippen molar-refractivity contribution in [2.24, 2.45) is 0 Å². The van der Waals surface area contributed by atoms with Gasteiger partial charge in [-0.05, 0) is 49.6 Å². The molecular weight excluding hydrogens is 389 g/mol. The number of hydrogen-bond donors (Lipinski definition) is 2. The van der Waals surface area contributed by atoms with Gasteiger partial charge in [-0.25, -0.2) is 0 Å². The fourth-order valence-corrected chi connectivity index (χ4v) is 4.41. The molecule has 2 aliphatic heterocycles. The SMILES string of the molecule is CB(O)N1CC=C(c2ccc(-c3nccc4[nH]c(CN5CCOCC5)cc34)cn2)CC1. The van der Waals surface area contributed by atoms with Crippen LogP contribution in [0.5, 0.6) is 0 Å². The fourth-order valence-electron chi connectivity index (χ4n) is 4.41. The van der Waals surface area contributed by atoms with Gasteiger partial charge >= 0.3 is 7.05 Å². The Balaban J connectivity index is 1.37. The molecule has 5 heterocycles. The molecule has 0 amide bonds. The second kappa shape index (κ2) is 8.92. The number of morpholine rings is 1. The highest BCUT2D eigenvalue weighted by Crippen LogP contribution is 2.29. The minimum atomic E-state index is -0.408. The molecular formula is C23H28BN5O2. The Kier molecular flexibility index (Phi) is 5.87. The third-order valence-corrected chi connectivity index (χ3v) is 6.24. The zero-order valence-corrected chi connectivity index (χ0v) is 17.9. The number of aromatic nitrogens is 3. The van der Waals surface area contributed by atoms with Gasteiger partial charge in [0.15, 0.2) is 0 Å². The van der Waals surface area contributed by atoms with Crippen molar-refractivity contribution in [1.82, 2.24) is 24.7 Å². The van der Waals surface area contributed by atoms with Gasteiger partial charge in [-0.2, -0.15) is 0 Å². The highest BCUT2D eigenvalue weighted by Gasteiger charge is 2.20. The van der Waals surface area contributed by atoms with Crippen molar-refractivity contribution in [3.63, 3.8) is 0 Å². The van der Waals surface area contributed by atoms with Crippen LogP contribution in [0.1, 0.15) is 17.8 Å². The Morgan fingerprint density at radius 1 is 1.16 bits per heavy atom. The van der Waals surface area contributed by atoms with Crippen LogP contribution < -0.4 is 0 Å². The lowest BCUT2D eigenvalue weighted by atomic mass is 9.83. The molecule has 8 heteroatoms. The normalized spacial score (nSPS) is 18.3. The van der Waals surface area contributed by atoms with Crippen LogP contribution >= 0.6 is 0 Å². The lowest BCUT2D eigenvalue weighted by Gasteiger charge is -2.26. The zero-order valence-electron chi connectivity index (χ0n) is 17.9. The molecule has 3 aromatic heterocycles. The number of aromatic amines is 1. The molecule has 0 spiro atoms. The van der Waals surface area contributed by atoms with E-state index in [2.05, 4.69) is 39.1 Å². The van der Waals surface area contributed by atoms with Crippen LogP contribution in [0.4, 0.5) is 0 Å². The van der Waals surface area contributed by atoms with Gasteiger partial charge < -0.3 is 19.6 Å². The van der Waals surface area contributed by atoms with Crippen molar-refractivity contribution in [1.29, 1.82) is 0 Å². The first-order valence-corrected chi connectivity index (χ1v) is 11.0. The van der Waals surface area contributed by atoms with Crippen LogP contribution in [0.2, 0.25) is 6.82 Å². The van der Waals surface area contributed by atoms with E-state index in [4.69, 9.17) is 9.72 Å². The lowest BCUT2D eigenvalue weighted by Crippen LogP contribution is -2.39. The molecule has 5 rings (SSSR count). The third kappa shape index (κ3) is 4.43. The molecule has 0 aliphatic carbocycles. The Bertz CT molecular complexity index is 1070. The van der Waals surface area contributed by atoms with E-state index in [0.29, 0.717) is 0 Å². The molecule has 0 unspecified atom stereocenters. The van der Waals surface area contributed by atoms with E-state index >= 15 is 0 Å². The van der Waals surface area contributed by atoms with Gasteiger partial charge in [0.25, 0.3) is 0 Å². The van der Waals surface area contributed by atoms with E-state index in [1.54, 1.807) is 0 Å². The number of ether oxygens (including phenoxy) is 1. The first-order valence-electron chi connectivity index (χ1n) is 11.0. The maximum absolute atomic E-state index is 9.74. The Labute approximate surface area is 182 Å². The molecule has 3 aromatic rings. The minimum absolute atomic E-state index is 0.408. The molecule has 2 N–H and O–H groups in total. The van der Waals surface area contributed by atoms with E-state index in [1.165, 1.54) is 11.3 Å². The van der Waals surface area contributed by atoms with Crippen LogP contribution in [-0.4, -0.2) is 76.1 Å². The molecule has 1 saturated heterocycles. The number of rotatable bonds is 5. The van der Waals surface area contributed by atoms with Gasteiger partial charge in [-0.15, -0.1) is 0 Å². The van der Waals surface area contributed by atoms with Crippen molar-refractivity contribution in [2.45, 2.75) is 19.8 Å². The quantitative estimate of drug-likeness (QED) is 0.622. The lowest BCUT2D eigenvalue weighted by molar-refractivity contribution is 0.0337. The Hall–Kier alpha value is -2.52. The standard InChI is InChI=1S/C23H28BN5O2/c1-24(30)29-8-5-17(6-9-29)21-3-2-18(15-26-21)23-20-14-19(27-22(20)4-7-25-23)16-28-10-12-31-13-11-28/h2-5,7,14-15,27,30H,6,8-13,16H2,1H3. The van der Waals surface area contributed by atoms with Crippen LogP contribution in [0, 0.1) is 0 Å². The number of pyridine rings is 2. The summed E-state index contributed by atoms with van der Waals surface area (Å²) in [6.07, 6.45) is 6.84. The fraction of sp³-hybridized carbons (Fsp3) is 0.391. The van der Waals surface area contributed by atoms with Crippen LogP contribution in [0.15, 0.2) is 42.7 Å². The molecule has 0 aromatic carbocycles. The van der Waals surface area contributed by atoms with E-state index < -0.39 is 7.05 Å². The van der Waals surface area contributed by atoms with Gasteiger partial charge in [0.1, 0.15) is 0 Å². The molecule has 160 valence electrons. The second-order valence-corrected chi connectivity index (χ2v) is 8.34. The summed E-state index contributed by atoms with van der Waals surface area (Å²) in [6.45, 7) is 7.86. The monoisotopic (exact) mass is 417 g/mol. The first kappa shape index (κ1) is 20.4. The molecule has 7 nitrogen and oxygen atoms in total. The topological polar surface area (TPSA) is 77.5 Å². The summed E-state index contributed by atoms with van der Waals surface area (Å²) in [7, 11) is -0.408. The molecule has 31 heavy (non-hydrogen) atoms. The predicted octanol–water partition coefficient (Wildman–Crippen LogP) is 2.66. The maximum atomic E-state index is 9.74. The summed E-state index contributed by atoms with van der Waals surface area (Å²) in [5, 5.41) is 10.9. The van der Waals surface area contributed by atoms with Gasteiger partial charge in [-0.3, -0.25) is 14.9 Å². The molecule has 1 fully saturated rings. The molecule has 2 aliphatic rings. The smallest absolute Gasteiger partial charge is 0.376 e. The highest BCUT2D eigenvalue weighted by molar-refractivity contribution is 6.45. The molecule has 0 bridgehead atoms. The zero-order chi connectivity index (χ0) is 21.2. The van der Waals surface area contributed by atoms with E-state index in [-0.39, 0.29) is 0 Å². The van der Waals surface area contributed by atoms with Crippen LogP contribution in [0.25, 0.3) is 27.7 Å². The van der Waals surface area contributed by atoms with Gasteiger partial charge in [-0.1, -0.05) is 6.08 Å². The number of nitrogens with zero attached hydrogens (tertiary/aromatic N) is 4.